The number of ether oxygens (including phenoxy) is 1. The lowest BCUT2D eigenvalue weighted by Crippen LogP contribution is -2.46. The van der Waals surface area contributed by atoms with E-state index in [-0.39, 0.29) is 12.5 Å². The predicted molar refractivity (Wildman–Crippen MR) is 103 cm³/mol. The minimum atomic E-state index is -0.963. The molecule has 1 aromatic heterocycles. The van der Waals surface area contributed by atoms with Crippen LogP contribution in [0.5, 0.6) is 0 Å². The van der Waals surface area contributed by atoms with Crippen LogP contribution in [0.15, 0.2) is 30.3 Å². The molecule has 1 aromatic carbocycles. The van der Waals surface area contributed by atoms with Gasteiger partial charge in [0.25, 0.3) is 5.91 Å². The van der Waals surface area contributed by atoms with E-state index >= 15 is 0 Å². The maximum absolute atomic E-state index is 12.8. The first-order chi connectivity index (χ1) is 12.8. The number of aromatic nitrogens is 1. The van der Waals surface area contributed by atoms with Gasteiger partial charge in [0.15, 0.2) is 0 Å². The zero-order valence-electron chi connectivity index (χ0n) is 15.4. The van der Waals surface area contributed by atoms with Crippen molar-refractivity contribution in [1.29, 1.82) is 0 Å². The topological polar surface area (TPSA) is 80.6 Å². The molecule has 144 valence electrons. The lowest BCUT2D eigenvalue weighted by Gasteiger charge is -2.33. The Morgan fingerprint density at radius 1 is 1.22 bits per heavy atom. The third-order valence-corrected chi connectivity index (χ3v) is 5.50. The Morgan fingerprint density at radius 2 is 1.85 bits per heavy atom. The van der Waals surface area contributed by atoms with Gasteiger partial charge in [0.2, 0.25) is 0 Å². The fourth-order valence-corrected chi connectivity index (χ4v) is 3.68. The van der Waals surface area contributed by atoms with Crippen LogP contribution < -0.4 is 5.32 Å². The number of amides is 1. The summed E-state index contributed by atoms with van der Waals surface area (Å²) in [6, 6.07) is 9.21. The van der Waals surface area contributed by atoms with Gasteiger partial charge in [-0.1, -0.05) is 11.6 Å². The van der Waals surface area contributed by atoms with Crippen molar-refractivity contribution in [3.8, 4) is 5.69 Å². The summed E-state index contributed by atoms with van der Waals surface area (Å²) >= 11 is 5.96. The van der Waals surface area contributed by atoms with Crippen LogP contribution in [0.3, 0.4) is 0 Å². The highest BCUT2D eigenvalue weighted by atomic mass is 35.5. The van der Waals surface area contributed by atoms with Gasteiger partial charge in [0.1, 0.15) is 0 Å². The molecule has 0 saturated carbocycles. The van der Waals surface area contributed by atoms with Crippen molar-refractivity contribution >= 4 is 23.5 Å². The summed E-state index contributed by atoms with van der Waals surface area (Å²) in [5.74, 6) is -1.16. The van der Waals surface area contributed by atoms with Crippen LogP contribution in [0.2, 0.25) is 5.02 Å². The summed E-state index contributed by atoms with van der Waals surface area (Å²) in [6.45, 7) is 4.68. The number of aliphatic carboxylic acids is 1. The summed E-state index contributed by atoms with van der Waals surface area (Å²) in [6.07, 6.45) is 0.790. The van der Waals surface area contributed by atoms with E-state index in [1.54, 1.807) is 12.1 Å². The van der Waals surface area contributed by atoms with Crippen LogP contribution in [0.1, 0.15) is 34.6 Å². The fraction of sp³-hybridized carbons (Fsp3) is 0.400. The van der Waals surface area contributed by atoms with Crippen LogP contribution >= 0.6 is 11.6 Å². The molecule has 2 N–H and O–H groups in total. The Labute approximate surface area is 163 Å². The Morgan fingerprint density at radius 3 is 2.44 bits per heavy atom. The van der Waals surface area contributed by atoms with Gasteiger partial charge in [-0.05, 0) is 57.0 Å². The monoisotopic (exact) mass is 390 g/mol. The number of nitrogens with one attached hydrogen (secondary N) is 1. The Kier molecular flexibility index (Phi) is 5.58. The standard InChI is InChI=1S/C20H23ClN2O4/c1-13-11-17(14(2)23(13)16-5-3-15(21)4-6-16)18(24)22-12-20(19(25)26)7-9-27-10-8-20/h3-6,11H,7-10,12H2,1-2H3,(H,22,24)(H,25,26). The van der Waals surface area contributed by atoms with Crippen molar-refractivity contribution < 1.29 is 19.4 Å². The smallest absolute Gasteiger partial charge is 0.311 e. The van der Waals surface area contributed by atoms with Crippen molar-refractivity contribution in [2.45, 2.75) is 26.7 Å². The van der Waals surface area contributed by atoms with E-state index < -0.39 is 11.4 Å². The van der Waals surface area contributed by atoms with Crippen LogP contribution in [-0.4, -0.2) is 41.3 Å². The third-order valence-electron chi connectivity index (χ3n) is 5.25. The second-order valence-electron chi connectivity index (χ2n) is 6.98. The molecule has 1 aliphatic heterocycles. The van der Waals surface area contributed by atoms with Gasteiger partial charge >= 0.3 is 5.97 Å². The van der Waals surface area contributed by atoms with Gasteiger partial charge in [0, 0.05) is 41.9 Å². The first-order valence-electron chi connectivity index (χ1n) is 8.88. The highest BCUT2D eigenvalue weighted by Gasteiger charge is 2.40. The van der Waals surface area contributed by atoms with Crippen LogP contribution in [0.25, 0.3) is 5.69 Å². The number of hydrogen-bond donors (Lipinski definition) is 2. The molecule has 0 spiro atoms. The SMILES string of the molecule is Cc1cc(C(=O)NCC2(C(=O)O)CCOCC2)c(C)n1-c1ccc(Cl)cc1. The molecule has 1 fully saturated rings. The van der Waals surface area contributed by atoms with Gasteiger partial charge < -0.3 is 19.7 Å². The van der Waals surface area contributed by atoms with Crippen molar-refractivity contribution in [2.75, 3.05) is 19.8 Å². The highest BCUT2D eigenvalue weighted by Crippen LogP contribution is 2.30. The number of carbonyl (C=O) groups is 2. The normalized spacial score (nSPS) is 16.1. The van der Waals surface area contributed by atoms with Crippen molar-refractivity contribution in [3.63, 3.8) is 0 Å². The van der Waals surface area contributed by atoms with Gasteiger partial charge in [-0.3, -0.25) is 9.59 Å². The van der Waals surface area contributed by atoms with Gasteiger partial charge in [0.05, 0.1) is 11.0 Å². The predicted octanol–water partition coefficient (Wildman–Crippen LogP) is 3.36. The van der Waals surface area contributed by atoms with Gasteiger partial charge in [-0.2, -0.15) is 0 Å². The third kappa shape index (κ3) is 3.87. The number of carboxylic acids is 1. The molecule has 0 atom stereocenters. The molecule has 0 radical (unpaired) electrons. The number of rotatable bonds is 5. The molecule has 1 saturated heterocycles. The summed E-state index contributed by atoms with van der Waals surface area (Å²) in [5.41, 5.74) is 2.20. The first kappa shape index (κ1) is 19.5. The first-order valence-corrected chi connectivity index (χ1v) is 9.26. The second kappa shape index (κ2) is 7.74. The number of carboxylic acid groups (broad SMARTS) is 1. The Hall–Kier alpha value is -2.31. The highest BCUT2D eigenvalue weighted by molar-refractivity contribution is 6.30. The summed E-state index contributed by atoms with van der Waals surface area (Å²) in [7, 11) is 0. The maximum Gasteiger partial charge on any atom is 0.311 e. The molecular formula is C20H23ClN2O4. The van der Waals surface area contributed by atoms with Crippen LogP contribution in [0.4, 0.5) is 0 Å². The quantitative estimate of drug-likeness (QED) is 0.820. The fourth-order valence-electron chi connectivity index (χ4n) is 3.55. The van der Waals surface area contributed by atoms with Gasteiger partial charge in [-0.25, -0.2) is 0 Å². The number of hydrogen-bond acceptors (Lipinski definition) is 3. The zero-order chi connectivity index (χ0) is 19.6. The minimum absolute atomic E-state index is 0.0924. The number of benzene rings is 1. The largest absolute Gasteiger partial charge is 0.481 e. The second-order valence-corrected chi connectivity index (χ2v) is 7.41. The summed E-state index contributed by atoms with van der Waals surface area (Å²) in [4.78, 5) is 24.5. The molecule has 0 aliphatic carbocycles. The Bertz CT molecular complexity index is 852. The number of halogens is 1. The number of carbonyl (C=O) groups excluding carboxylic acids is 1. The van der Waals surface area contributed by atoms with Crippen LogP contribution in [0, 0.1) is 19.3 Å². The minimum Gasteiger partial charge on any atom is -0.481 e. The average molecular weight is 391 g/mol. The van der Waals surface area contributed by atoms with Crippen molar-refractivity contribution in [1.82, 2.24) is 9.88 Å². The van der Waals surface area contributed by atoms with E-state index in [1.807, 2.05) is 36.6 Å². The molecule has 3 rings (SSSR count). The van der Waals surface area contributed by atoms with E-state index in [1.165, 1.54) is 0 Å². The van der Waals surface area contributed by atoms with E-state index in [4.69, 9.17) is 16.3 Å². The van der Waals surface area contributed by atoms with Crippen LogP contribution in [-0.2, 0) is 9.53 Å². The molecule has 27 heavy (non-hydrogen) atoms. The lowest BCUT2D eigenvalue weighted by molar-refractivity contribution is -0.154. The average Bonchev–Trinajstić information content (AvgIpc) is 2.95. The summed E-state index contributed by atoms with van der Waals surface area (Å²) in [5, 5.41) is 13.1. The molecular weight excluding hydrogens is 368 g/mol. The molecule has 2 heterocycles. The lowest BCUT2D eigenvalue weighted by atomic mass is 9.80. The van der Waals surface area contributed by atoms with E-state index in [9.17, 15) is 14.7 Å². The van der Waals surface area contributed by atoms with E-state index in [0.29, 0.717) is 36.6 Å². The molecule has 2 aromatic rings. The molecule has 6 nitrogen and oxygen atoms in total. The van der Waals surface area contributed by atoms with Crippen molar-refractivity contribution in [2.24, 2.45) is 5.41 Å². The number of nitrogens with zero attached hydrogens (tertiary/aromatic N) is 1. The maximum atomic E-state index is 12.8. The molecule has 0 unspecified atom stereocenters. The Balaban J connectivity index is 1.80. The molecule has 0 bridgehead atoms. The van der Waals surface area contributed by atoms with E-state index in [2.05, 4.69) is 5.32 Å². The molecule has 7 heteroatoms. The molecule has 1 amide bonds. The van der Waals surface area contributed by atoms with Crippen molar-refractivity contribution in [3.05, 3.63) is 52.3 Å². The number of aryl methyl sites for hydroxylation is 1. The molecule has 1 aliphatic rings. The van der Waals surface area contributed by atoms with E-state index in [0.717, 1.165) is 17.1 Å². The zero-order valence-corrected chi connectivity index (χ0v) is 16.2. The van der Waals surface area contributed by atoms with Gasteiger partial charge in [-0.15, -0.1) is 0 Å². The summed E-state index contributed by atoms with van der Waals surface area (Å²) < 4.78 is 7.25.